The lowest BCUT2D eigenvalue weighted by molar-refractivity contribution is -0.160. The minimum absolute atomic E-state index is 0.0121. The van der Waals surface area contributed by atoms with Crippen molar-refractivity contribution in [2.45, 2.75) is 39.2 Å². The Balaban J connectivity index is 2.58. The van der Waals surface area contributed by atoms with Gasteiger partial charge in [0.25, 0.3) is 0 Å². The fourth-order valence-corrected chi connectivity index (χ4v) is 2.11. The van der Waals surface area contributed by atoms with E-state index in [9.17, 15) is 19.2 Å². The number of carboxylic acid groups (broad SMARTS) is 1. The molecule has 0 unspecified atom stereocenters. The van der Waals surface area contributed by atoms with Gasteiger partial charge in [0, 0.05) is 26.1 Å². The maximum atomic E-state index is 12.0. The maximum absolute atomic E-state index is 12.0. The van der Waals surface area contributed by atoms with Crippen molar-refractivity contribution in [1.29, 1.82) is 0 Å². The van der Waals surface area contributed by atoms with Crippen LogP contribution in [0.2, 0.25) is 0 Å². The lowest BCUT2D eigenvalue weighted by atomic mass is 10.2. The van der Waals surface area contributed by atoms with Gasteiger partial charge in [-0.05, 0) is 27.2 Å². The third-order valence-corrected chi connectivity index (χ3v) is 3.01. The summed E-state index contributed by atoms with van der Waals surface area (Å²) in [4.78, 5) is 48.4. The molecule has 8 heteroatoms. The van der Waals surface area contributed by atoms with Gasteiger partial charge in [0.15, 0.2) is 0 Å². The Bertz CT molecular complexity index is 468. The molecule has 1 saturated heterocycles. The number of rotatable bonds is 2. The van der Waals surface area contributed by atoms with E-state index in [-0.39, 0.29) is 38.5 Å². The van der Waals surface area contributed by atoms with E-state index in [2.05, 4.69) is 0 Å². The molecule has 0 radical (unpaired) electrons. The number of aliphatic carboxylic acids is 1. The van der Waals surface area contributed by atoms with Gasteiger partial charge in [-0.25, -0.2) is 4.79 Å². The van der Waals surface area contributed by atoms with Gasteiger partial charge >= 0.3 is 17.8 Å². The molecule has 1 aliphatic heterocycles. The minimum atomic E-state index is -1.53. The van der Waals surface area contributed by atoms with E-state index in [1.807, 2.05) is 0 Å². The molecule has 124 valence electrons. The minimum Gasteiger partial charge on any atom is -0.474 e. The zero-order valence-corrected chi connectivity index (χ0v) is 13.1. The fraction of sp³-hybridized carbons (Fsp3) is 0.714. The first kappa shape index (κ1) is 17.9. The predicted octanol–water partition coefficient (Wildman–Crippen LogP) is -0.136. The summed E-state index contributed by atoms with van der Waals surface area (Å²) in [5, 5.41) is 8.69. The molecule has 0 spiro atoms. The summed E-state index contributed by atoms with van der Waals surface area (Å²) >= 11 is 0. The molecule has 2 amide bonds. The second kappa shape index (κ2) is 7.24. The monoisotopic (exact) mass is 314 g/mol. The summed E-state index contributed by atoms with van der Waals surface area (Å²) < 4.78 is 5.18. The van der Waals surface area contributed by atoms with Gasteiger partial charge in [-0.1, -0.05) is 0 Å². The predicted molar refractivity (Wildman–Crippen MR) is 75.9 cm³/mol. The summed E-state index contributed by atoms with van der Waals surface area (Å²) in [5.74, 6) is -3.32. The van der Waals surface area contributed by atoms with Gasteiger partial charge in [-0.15, -0.1) is 0 Å². The summed E-state index contributed by atoms with van der Waals surface area (Å²) in [7, 11) is 0. The lowest BCUT2D eigenvalue weighted by Crippen LogP contribution is -2.46. The van der Waals surface area contributed by atoms with E-state index in [0.717, 1.165) is 4.90 Å². The third kappa shape index (κ3) is 5.71. The highest BCUT2D eigenvalue weighted by Gasteiger charge is 2.27. The molecule has 1 heterocycles. The van der Waals surface area contributed by atoms with Crippen LogP contribution in [-0.4, -0.2) is 70.4 Å². The van der Waals surface area contributed by atoms with E-state index >= 15 is 0 Å². The van der Waals surface area contributed by atoms with Crippen molar-refractivity contribution in [3.05, 3.63) is 0 Å². The van der Waals surface area contributed by atoms with Crippen LogP contribution in [-0.2, 0) is 23.9 Å². The number of carbonyl (C=O) groups is 4. The first-order chi connectivity index (χ1) is 10.1. The topological polar surface area (TPSA) is 104 Å². The molecule has 1 N–H and O–H groups in total. The Labute approximate surface area is 129 Å². The number of amides is 2. The van der Waals surface area contributed by atoms with Gasteiger partial charge in [0.2, 0.25) is 5.91 Å². The Hall–Kier alpha value is -2.12. The van der Waals surface area contributed by atoms with Gasteiger partial charge < -0.3 is 19.6 Å². The largest absolute Gasteiger partial charge is 0.474 e. The normalized spacial score (nSPS) is 16.8. The summed E-state index contributed by atoms with van der Waals surface area (Å²) in [6.45, 7) is 5.66. The molecule has 0 saturated carbocycles. The van der Waals surface area contributed by atoms with Gasteiger partial charge in [0.05, 0.1) is 0 Å². The highest BCUT2D eigenvalue weighted by atomic mass is 16.6. The van der Waals surface area contributed by atoms with Crippen molar-refractivity contribution >= 4 is 23.8 Å². The maximum Gasteiger partial charge on any atom is 0.394 e. The van der Waals surface area contributed by atoms with Crippen LogP contribution in [0.3, 0.4) is 0 Å². The van der Waals surface area contributed by atoms with Crippen molar-refractivity contribution in [3.63, 3.8) is 0 Å². The second-order valence-electron chi connectivity index (χ2n) is 6.10. The number of carboxylic acids is 1. The van der Waals surface area contributed by atoms with Crippen molar-refractivity contribution in [1.82, 2.24) is 9.80 Å². The number of esters is 1. The molecular formula is C14H22N2O6. The molecule has 1 aliphatic rings. The van der Waals surface area contributed by atoms with Crippen LogP contribution in [0.15, 0.2) is 0 Å². The number of hydrogen-bond donors (Lipinski definition) is 1. The quantitative estimate of drug-likeness (QED) is 0.562. The third-order valence-electron chi connectivity index (χ3n) is 3.01. The number of carbonyl (C=O) groups excluding carboxylic acids is 3. The van der Waals surface area contributed by atoms with Crippen molar-refractivity contribution in [2.75, 3.05) is 26.2 Å². The molecule has 22 heavy (non-hydrogen) atoms. The molecular weight excluding hydrogens is 292 g/mol. The summed E-state index contributed by atoms with van der Waals surface area (Å²) in [6, 6.07) is 0. The number of nitrogens with zero attached hydrogens (tertiary/aromatic N) is 2. The molecule has 0 aromatic carbocycles. The first-order valence-corrected chi connectivity index (χ1v) is 7.12. The molecule has 8 nitrogen and oxygen atoms in total. The van der Waals surface area contributed by atoms with E-state index in [4.69, 9.17) is 9.84 Å². The average molecular weight is 314 g/mol. The molecule has 0 aromatic heterocycles. The smallest absolute Gasteiger partial charge is 0.394 e. The highest BCUT2D eigenvalue weighted by Crippen LogP contribution is 2.10. The van der Waals surface area contributed by atoms with Crippen LogP contribution >= 0.6 is 0 Å². The molecule has 1 fully saturated rings. The average Bonchev–Trinajstić information content (AvgIpc) is 2.35. The Morgan fingerprint density at radius 2 is 1.82 bits per heavy atom. The van der Waals surface area contributed by atoms with Crippen LogP contribution in [0.4, 0.5) is 0 Å². The first-order valence-electron chi connectivity index (χ1n) is 7.12. The van der Waals surface area contributed by atoms with Crippen molar-refractivity contribution in [2.24, 2.45) is 0 Å². The van der Waals surface area contributed by atoms with Crippen LogP contribution in [0, 0.1) is 0 Å². The van der Waals surface area contributed by atoms with Crippen LogP contribution in [0.25, 0.3) is 0 Å². The standard InChI is InChI=1S/C14H22N2O6/c1-14(2,3)22-11(18)9-16-7-4-6-15(8-5-10(16)17)12(19)13(20)21/h4-9H2,1-3H3,(H,20,21). The lowest BCUT2D eigenvalue weighted by Gasteiger charge is -2.30. The zero-order valence-electron chi connectivity index (χ0n) is 13.1. The van der Waals surface area contributed by atoms with Crippen LogP contribution in [0.5, 0.6) is 0 Å². The fourth-order valence-electron chi connectivity index (χ4n) is 2.11. The zero-order chi connectivity index (χ0) is 16.9. The molecule has 1 rings (SSSR count). The SMILES string of the molecule is CC(C)(C)OC(=O)CN1CCCN(C(=O)C(=O)O)CCC1=O. The van der Waals surface area contributed by atoms with Crippen LogP contribution < -0.4 is 0 Å². The van der Waals surface area contributed by atoms with Crippen molar-refractivity contribution < 1.29 is 29.0 Å². The highest BCUT2D eigenvalue weighted by molar-refractivity contribution is 6.31. The Morgan fingerprint density at radius 3 is 2.36 bits per heavy atom. The van der Waals surface area contributed by atoms with E-state index in [1.54, 1.807) is 20.8 Å². The van der Waals surface area contributed by atoms with Gasteiger partial charge in [0.1, 0.15) is 12.1 Å². The number of hydrogen-bond acceptors (Lipinski definition) is 5. The molecule has 0 bridgehead atoms. The van der Waals surface area contributed by atoms with E-state index in [0.29, 0.717) is 6.42 Å². The second-order valence-corrected chi connectivity index (χ2v) is 6.10. The van der Waals surface area contributed by atoms with Crippen molar-refractivity contribution in [3.8, 4) is 0 Å². The van der Waals surface area contributed by atoms with Gasteiger partial charge in [-0.2, -0.15) is 0 Å². The van der Waals surface area contributed by atoms with Gasteiger partial charge in [-0.3, -0.25) is 14.4 Å². The molecule has 0 aromatic rings. The molecule has 0 aliphatic carbocycles. The van der Waals surface area contributed by atoms with E-state index in [1.165, 1.54) is 4.90 Å². The summed E-state index contributed by atoms with van der Waals surface area (Å²) in [6.07, 6.45) is 0.398. The van der Waals surface area contributed by atoms with Crippen LogP contribution in [0.1, 0.15) is 33.6 Å². The Kier molecular flexibility index (Phi) is 5.90. The number of ether oxygens (including phenoxy) is 1. The van der Waals surface area contributed by atoms with E-state index < -0.39 is 23.4 Å². The summed E-state index contributed by atoms with van der Waals surface area (Å²) in [5.41, 5.74) is -0.617. The molecule has 0 atom stereocenters. The Morgan fingerprint density at radius 1 is 1.18 bits per heavy atom.